The Morgan fingerprint density at radius 2 is 2.25 bits per heavy atom. The summed E-state index contributed by atoms with van der Waals surface area (Å²) >= 11 is 5.94. The van der Waals surface area contributed by atoms with Crippen LogP contribution in [0.5, 0.6) is 0 Å². The first-order valence-electron chi connectivity index (χ1n) is 6.30. The Balaban J connectivity index is 2.20. The standard InChI is InChI=1S/C14H15ClN4O/c1-19(2)7-6-17-14-12(9-16)18-13(20-14)10-4-3-5-11(15)8-10/h3-5,8,17H,6-7H2,1-2H3/p+1. The average Bonchev–Trinajstić information content (AvgIpc) is 2.81. The van der Waals surface area contributed by atoms with Crippen molar-refractivity contribution in [3.63, 3.8) is 0 Å². The number of oxazole rings is 1. The van der Waals surface area contributed by atoms with Gasteiger partial charge in [0.25, 0.3) is 0 Å². The third kappa shape index (κ3) is 3.50. The molecule has 0 radical (unpaired) electrons. The Morgan fingerprint density at radius 1 is 1.45 bits per heavy atom. The van der Waals surface area contributed by atoms with Gasteiger partial charge in [0.05, 0.1) is 27.2 Å². The maximum absolute atomic E-state index is 9.10. The van der Waals surface area contributed by atoms with Gasteiger partial charge in [-0.15, -0.1) is 0 Å². The first kappa shape index (κ1) is 14.4. The number of rotatable bonds is 5. The molecule has 0 saturated heterocycles. The SMILES string of the molecule is C[NH+](C)CCNc1oc(-c2cccc(Cl)c2)nc1C#N. The highest BCUT2D eigenvalue weighted by molar-refractivity contribution is 6.30. The van der Waals surface area contributed by atoms with E-state index in [0.29, 0.717) is 23.3 Å². The van der Waals surface area contributed by atoms with Crippen molar-refractivity contribution < 1.29 is 9.32 Å². The molecule has 6 heteroatoms. The first-order valence-corrected chi connectivity index (χ1v) is 6.67. The number of anilines is 1. The zero-order chi connectivity index (χ0) is 14.5. The summed E-state index contributed by atoms with van der Waals surface area (Å²) in [7, 11) is 4.12. The van der Waals surface area contributed by atoms with Gasteiger partial charge in [-0.05, 0) is 18.2 Å². The summed E-state index contributed by atoms with van der Waals surface area (Å²) in [6, 6.07) is 9.22. The van der Waals surface area contributed by atoms with E-state index in [4.69, 9.17) is 21.3 Å². The molecular weight excluding hydrogens is 276 g/mol. The molecule has 5 nitrogen and oxygen atoms in total. The fourth-order valence-corrected chi connectivity index (χ4v) is 1.88. The molecule has 0 aliphatic rings. The number of benzene rings is 1. The molecule has 0 amide bonds. The lowest BCUT2D eigenvalue weighted by Crippen LogP contribution is -3.06. The molecule has 0 atom stereocenters. The Bertz CT molecular complexity index is 630. The fourth-order valence-electron chi connectivity index (χ4n) is 1.69. The van der Waals surface area contributed by atoms with E-state index in [1.807, 2.05) is 18.2 Å². The molecule has 2 rings (SSSR count). The second-order valence-electron chi connectivity index (χ2n) is 4.70. The van der Waals surface area contributed by atoms with Crippen molar-refractivity contribution in [1.82, 2.24) is 4.98 Å². The Morgan fingerprint density at radius 3 is 2.90 bits per heavy atom. The highest BCUT2D eigenvalue weighted by atomic mass is 35.5. The summed E-state index contributed by atoms with van der Waals surface area (Å²) in [5.41, 5.74) is 1.01. The van der Waals surface area contributed by atoms with Gasteiger partial charge in [0, 0.05) is 10.6 Å². The number of nitriles is 1. The normalized spacial score (nSPS) is 10.6. The van der Waals surface area contributed by atoms with Gasteiger partial charge in [0.2, 0.25) is 17.5 Å². The van der Waals surface area contributed by atoms with E-state index in [1.54, 1.807) is 12.1 Å². The molecule has 0 saturated carbocycles. The molecule has 0 unspecified atom stereocenters. The molecular formula is C14H16ClN4O+. The maximum atomic E-state index is 9.10. The van der Waals surface area contributed by atoms with Crippen LogP contribution in [0, 0.1) is 11.3 Å². The highest BCUT2D eigenvalue weighted by Gasteiger charge is 2.14. The van der Waals surface area contributed by atoms with E-state index in [0.717, 1.165) is 12.1 Å². The molecule has 2 N–H and O–H groups in total. The summed E-state index contributed by atoms with van der Waals surface area (Å²) < 4.78 is 5.62. The molecule has 20 heavy (non-hydrogen) atoms. The number of nitrogens with zero attached hydrogens (tertiary/aromatic N) is 2. The van der Waals surface area contributed by atoms with Crippen LogP contribution < -0.4 is 10.2 Å². The molecule has 0 bridgehead atoms. The molecule has 0 fully saturated rings. The predicted molar refractivity (Wildman–Crippen MR) is 77.8 cm³/mol. The molecule has 2 aromatic rings. The quantitative estimate of drug-likeness (QED) is 0.874. The monoisotopic (exact) mass is 291 g/mol. The number of aromatic nitrogens is 1. The summed E-state index contributed by atoms with van der Waals surface area (Å²) in [5.74, 6) is 0.799. The second kappa shape index (κ2) is 6.42. The zero-order valence-electron chi connectivity index (χ0n) is 11.4. The highest BCUT2D eigenvalue weighted by Crippen LogP contribution is 2.26. The van der Waals surface area contributed by atoms with Gasteiger partial charge in [0.1, 0.15) is 6.07 Å². The summed E-state index contributed by atoms with van der Waals surface area (Å²) in [6.07, 6.45) is 0. The number of quaternary nitrogens is 1. The van der Waals surface area contributed by atoms with Gasteiger partial charge < -0.3 is 14.6 Å². The van der Waals surface area contributed by atoms with E-state index in [1.165, 1.54) is 4.90 Å². The Hall–Kier alpha value is -2.03. The van der Waals surface area contributed by atoms with Crippen molar-refractivity contribution in [3.05, 3.63) is 35.0 Å². The van der Waals surface area contributed by atoms with Crippen LogP contribution in [0.2, 0.25) is 5.02 Å². The van der Waals surface area contributed by atoms with Crippen molar-refractivity contribution in [3.8, 4) is 17.5 Å². The van der Waals surface area contributed by atoms with Crippen molar-refractivity contribution in [2.45, 2.75) is 0 Å². The third-order valence-electron chi connectivity index (χ3n) is 2.72. The minimum atomic E-state index is 0.258. The Labute approximate surface area is 122 Å². The molecule has 1 aromatic carbocycles. The second-order valence-corrected chi connectivity index (χ2v) is 5.14. The lowest BCUT2D eigenvalue weighted by atomic mass is 10.2. The summed E-state index contributed by atoms with van der Waals surface area (Å²) in [6.45, 7) is 1.62. The van der Waals surface area contributed by atoms with E-state index in [2.05, 4.69) is 24.4 Å². The number of likely N-dealkylation sites (N-methyl/N-ethyl adjacent to an activating group) is 1. The largest absolute Gasteiger partial charge is 0.419 e. The molecule has 104 valence electrons. The first-order chi connectivity index (χ1) is 9.60. The number of halogens is 1. The van der Waals surface area contributed by atoms with Crippen LogP contribution in [-0.2, 0) is 0 Å². The lowest BCUT2D eigenvalue weighted by molar-refractivity contribution is -0.856. The molecule has 0 aliphatic carbocycles. The van der Waals surface area contributed by atoms with E-state index < -0.39 is 0 Å². The van der Waals surface area contributed by atoms with Gasteiger partial charge in [-0.25, -0.2) is 0 Å². The van der Waals surface area contributed by atoms with Gasteiger partial charge in [0.15, 0.2) is 0 Å². The van der Waals surface area contributed by atoms with Crippen molar-refractivity contribution in [1.29, 1.82) is 5.26 Å². The minimum absolute atomic E-state index is 0.258. The number of hydrogen-bond donors (Lipinski definition) is 2. The van der Waals surface area contributed by atoms with Crippen molar-refractivity contribution in [2.24, 2.45) is 0 Å². The Kier molecular flexibility index (Phi) is 4.61. The summed E-state index contributed by atoms with van der Waals surface area (Å²) in [5, 5.41) is 12.8. The van der Waals surface area contributed by atoms with Crippen LogP contribution in [0.1, 0.15) is 5.69 Å². The van der Waals surface area contributed by atoms with E-state index in [-0.39, 0.29) is 5.69 Å². The number of hydrogen-bond acceptors (Lipinski definition) is 4. The van der Waals surface area contributed by atoms with Crippen LogP contribution in [0.3, 0.4) is 0 Å². The smallest absolute Gasteiger partial charge is 0.232 e. The fraction of sp³-hybridized carbons (Fsp3) is 0.286. The van der Waals surface area contributed by atoms with Crippen molar-refractivity contribution >= 4 is 17.5 Å². The predicted octanol–water partition coefficient (Wildman–Crippen LogP) is 1.42. The molecule has 1 aromatic heterocycles. The summed E-state index contributed by atoms with van der Waals surface area (Å²) in [4.78, 5) is 5.49. The van der Waals surface area contributed by atoms with Crippen LogP contribution in [-0.4, -0.2) is 32.2 Å². The molecule has 0 spiro atoms. The van der Waals surface area contributed by atoms with Crippen molar-refractivity contribution in [2.75, 3.05) is 32.5 Å². The van der Waals surface area contributed by atoms with Crippen LogP contribution in [0.15, 0.2) is 28.7 Å². The zero-order valence-corrected chi connectivity index (χ0v) is 12.2. The maximum Gasteiger partial charge on any atom is 0.232 e. The number of nitrogens with one attached hydrogen (secondary N) is 2. The van der Waals surface area contributed by atoms with Crippen LogP contribution in [0.25, 0.3) is 11.5 Å². The third-order valence-corrected chi connectivity index (χ3v) is 2.95. The van der Waals surface area contributed by atoms with E-state index >= 15 is 0 Å². The molecule has 0 aliphatic heterocycles. The van der Waals surface area contributed by atoms with Gasteiger partial charge >= 0.3 is 0 Å². The van der Waals surface area contributed by atoms with Gasteiger partial charge in [-0.3, -0.25) is 0 Å². The average molecular weight is 292 g/mol. The van der Waals surface area contributed by atoms with Crippen LogP contribution in [0.4, 0.5) is 5.88 Å². The molecule has 1 heterocycles. The lowest BCUT2D eigenvalue weighted by Gasteiger charge is -2.07. The van der Waals surface area contributed by atoms with Gasteiger partial charge in [-0.2, -0.15) is 10.2 Å². The van der Waals surface area contributed by atoms with E-state index in [9.17, 15) is 0 Å². The van der Waals surface area contributed by atoms with Crippen LogP contribution >= 0.6 is 11.6 Å². The topological polar surface area (TPSA) is 66.3 Å². The minimum Gasteiger partial charge on any atom is -0.419 e. The van der Waals surface area contributed by atoms with Gasteiger partial charge in [-0.1, -0.05) is 17.7 Å².